The number of nitrogens with one attached hydrogen (secondary N) is 1. The summed E-state index contributed by atoms with van der Waals surface area (Å²) < 4.78 is 0. The van der Waals surface area contributed by atoms with Crippen molar-refractivity contribution in [3.05, 3.63) is 83.2 Å². The minimum Gasteiger partial charge on any atom is -0.370 e. The number of benzene rings is 2. The zero-order valence-electron chi connectivity index (χ0n) is 11.4. The average molecular weight is 262 g/mol. The fourth-order valence-corrected chi connectivity index (χ4v) is 3.34. The van der Waals surface area contributed by atoms with Crippen molar-refractivity contribution in [2.24, 2.45) is 0 Å². The van der Waals surface area contributed by atoms with Gasteiger partial charge in [0.1, 0.15) is 0 Å². The SMILES string of the molecule is C1=C2NCCN2C(c2ccccc2)c2ccccc2C1. The zero-order valence-corrected chi connectivity index (χ0v) is 11.4. The molecule has 1 atom stereocenters. The maximum absolute atomic E-state index is 3.52. The van der Waals surface area contributed by atoms with Gasteiger partial charge in [-0.1, -0.05) is 54.6 Å². The van der Waals surface area contributed by atoms with E-state index in [2.05, 4.69) is 70.9 Å². The first-order chi connectivity index (χ1) is 9.93. The Balaban J connectivity index is 1.90. The van der Waals surface area contributed by atoms with Crippen molar-refractivity contribution >= 4 is 0 Å². The maximum atomic E-state index is 3.52. The van der Waals surface area contributed by atoms with E-state index in [1.54, 1.807) is 0 Å². The Kier molecular flexibility index (Phi) is 2.73. The number of fused-ring (bicyclic) bond motifs is 2. The molecule has 4 rings (SSSR count). The maximum Gasteiger partial charge on any atom is 0.0984 e. The Morgan fingerprint density at radius 2 is 1.75 bits per heavy atom. The summed E-state index contributed by atoms with van der Waals surface area (Å²) in [7, 11) is 0. The first-order valence-electron chi connectivity index (χ1n) is 7.27. The molecule has 100 valence electrons. The fraction of sp³-hybridized carbons (Fsp3) is 0.222. The highest BCUT2D eigenvalue weighted by Crippen LogP contribution is 2.36. The summed E-state index contributed by atoms with van der Waals surface area (Å²) in [6, 6.07) is 20.0. The summed E-state index contributed by atoms with van der Waals surface area (Å²) in [5.74, 6) is 1.29. The van der Waals surface area contributed by atoms with Crippen molar-refractivity contribution < 1.29 is 0 Å². The Hall–Kier alpha value is -2.22. The van der Waals surface area contributed by atoms with Crippen molar-refractivity contribution in [3.63, 3.8) is 0 Å². The number of nitrogens with zero attached hydrogens (tertiary/aromatic N) is 1. The van der Waals surface area contributed by atoms with Crippen LogP contribution < -0.4 is 5.32 Å². The molecule has 0 spiro atoms. The Morgan fingerprint density at radius 3 is 2.65 bits per heavy atom. The van der Waals surface area contributed by atoms with Crippen molar-refractivity contribution in [1.82, 2.24) is 10.2 Å². The molecule has 2 aliphatic rings. The van der Waals surface area contributed by atoms with E-state index in [1.165, 1.54) is 22.5 Å². The van der Waals surface area contributed by atoms with Gasteiger partial charge in [-0.3, -0.25) is 0 Å². The molecule has 0 amide bonds. The van der Waals surface area contributed by atoms with E-state index in [0.29, 0.717) is 6.04 Å². The molecular weight excluding hydrogens is 244 g/mol. The molecule has 2 heteroatoms. The molecule has 0 aliphatic carbocycles. The molecule has 1 fully saturated rings. The average Bonchev–Trinajstić information content (AvgIpc) is 2.90. The molecule has 2 aromatic rings. The van der Waals surface area contributed by atoms with Crippen molar-refractivity contribution in [2.45, 2.75) is 12.5 Å². The van der Waals surface area contributed by atoms with Crippen LogP contribution in [0.15, 0.2) is 66.5 Å². The summed E-state index contributed by atoms with van der Waals surface area (Å²) in [5.41, 5.74) is 4.25. The van der Waals surface area contributed by atoms with Gasteiger partial charge in [-0.15, -0.1) is 0 Å². The van der Waals surface area contributed by atoms with Gasteiger partial charge in [0.15, 0.2) is 0 Å². The van der Waals surface area contributed by atoms with Crippen LogP contribution in [-0.2, 0) is 6.42 Å². The molecule has 2 aromatic carbocycles. The summed E-state index contributed by atoms with van der Waals surface area (Å²) in [5, 5.41) is 3.52. The molecule has 0 saturated carbocycles. The molecule has 0 bridgehead atoms. The van der Waals surface area contributed by atoms with Gasteiger partial charge in [-0.2, -0.15) is 0 Å². The minimum atomic E-state index is 0.330. The second-order valence-electron chi connectivity index (χ2n) is 5.43. The molecule has 1 N–H and O–H groups in total. The van der Waals surface area contributed by atoms with E-state index in [4.69, 9.17) is 0 Å². The Morgan fingerprint density at radius 1 is 0.950 bits per heavy atom. The topological polar surface area (TPSA) is 15.3 Å². The summed E-state index contributed by atoms with van der Waals surface area (Å²) in [4.78, 5) is 2.50. The van der Waals surface area contributed by atoms with E-state index in [-0.39, 0.29) is 0 Å². The summed E-state index contributed by atoms with van der Waals surface area (Å²) >= 11 is 0. The Bertz CT molecular complexity index is 645. The highest BCUT2D eigenvalue weighted by Gasteiger charge is 2.30. The predicted molar refractivity (Wildman–Crippen MR) is 81.2 cm³/mol. The highest BCUT2D eigenvalue weighted by atomic mass is 15.3. The number of rotatable bonds is 1. The van der Waals surface area contributed by atoms with Gasteiger partial charge in [0.2, 0.25) is 0 Å². The lowest BCUT2D eigenvalue weighted by Crippen LogP contribution is -2.26. The van der Waals surface area contributed by atoms with Gasteiger partial charge < -0.3 is 10.2 Å². The van der Waals surface area contributed by atoms with Crippen LogP contribution in [-0.4, -0.2) is 18.0 Å². The number of hydrogen-bond donors (Lipinski definition) is 1. The minimum absolute atomic E-state index is 0.330. The van der Waals surface area contributed by atoms with Crippen LogP contribution in [0.5, 0.6) is 0 Å². The third-order valence-corrected chi connectivity index (χ3v) is 4.26. The first-order valence-corrected chi connectivity index (χ1v) is 7.27. The molecule has 0 radical (unpaired) electrons. The van der Waals surface area contributed by atoms with Crippen LogP contribution in [0.4, 0.5) is 0 Å². The number of hydrogen-bond acceptors (Lipinski definition) is 2. The van der Waals surface area contributed by atoms with Crippen LogP contribution in [0.1, 0.15) is 22.7 Å². The van der Waals surface area contributed by atoms with Crippen LogP contribution in [0.2, 0.25) is 0 Å². The smallest absolute Gasteiger partial charge is 0.0984 e. The normalized spacial score (nSPS) is 20.5. The van der Waals surface area contributed by atoms with Crippen LogP contribution in [0.3, 0.4) is 0 Å². The lowest BCUT2D eigenvalue weighted by molar-refractivity contribution is 0.333. The molecule has 0 aromatic heterocycles. The zero-order chi connectivity index (χ0) is 13.4. The van der Waals surface area contributed by atoms with Crippen LogP contribution in [0, 0.1) is 0 Å². The molecule has 1 unspecified atom stereocenters. The highest BCUT2D eigenvalue weighted by molar-refractivity contribution is 5.41. The largest absolute Gasteiger partial charge is 0.370 e. The molecule has 1 saturated heterocycles. The van der Waals surface area contributed by atoms with Crippen molar-refractivity contribution in [2.75, 3.05) is 13.1 Å². The van der Waals surface area contributed by atoms with Crippen LogP contribution in [0.25, 0.3) is 0 Å². The molecule has 2 nitrogen and oxygen atoms in total. The van der Waals surface area contributed by atoms with E-state index >= 15 is 0 Å². The molecular formula is C18H18N2. The van der Waals surface area contributed by atoms with Crippen molar-refractivity contribution in [3.8, 4) is 0 Å². The predicted octanol–water partition coefficient (Wildman–Crippen LogP) is 3.08. The third-order valence-electron chi connectivity index (χ3n) is 4.26. The second kappa shape index (κ2) is 4.71. The van der Waals surface area contributed by atoms with E-state index in [9.17, 15) is 0 Å². The van der Waals surface area contributed by atoms with Gasteiger partial charge >= 0.3 is 0 Å². The van der Waals surface area contributed by atoms with E-state index < -0.39 is 0 Å². The third kappa shape index (κ3) is 1.80. The van der Waals surface area contributed by atoms with E-state index in [0.717, 1.165) is 19.5 Å². The van der Waals surface area contributed by atoms with Crippen LogP contribution >= 0.6 is 0 Å². The summed E-state index contributed by atoms with van der Waals surface area (Å²) in [6.07, 6.45) is 3.34. The number of allylic oxidation sites excluding steroid dienone is 1. The monoisotopic (exact) mass is 262 g/mol. The van der Waals surface area contributed by atoms with Crippen molar-refractivity contribution in [1.29, 1.82) is 0 Å². The van der Waals surface area contributed by atoms with Gasteiger partial charge in [-0.25, -0.2) is 0 Å². The van der Waals surface area contributed by atoms with Gasteiger partial charge in [0.25, 0.3) is 0 Å². The molecule has 2 heterocycles. The fourth-order valence-electron chi connectivity index (χ4n) is 3.34. The second-order valence-corrected chi connectivity index (χ2v) is 5.43. The quantitative estimate of drug-likeness (QED) is 0.849. The van der Waals surface area contributed by atoms with Gasteiger partial charge in [-0.05, 0) is 29.2 Å². The van der Waals surface area contributed by atoms with Gasteiger partial charge in [0.05, 0.1) is 11.9 Å². The van der Waals surface area contributed by atoms with E-state index in [1.807, 2.05) is 0 Å². The molecule has 2 aliphatic heterocycles. The first kappa shape index (κ1) is 11.6. The molecule has 20 heavy (non-hydrogen) atoms. The lowest BCUT2D eigenvalue weighted by atomic mass is 9.93. The summed E-state index contributed by atoms with van der Waals surface area (Å²) in [6.45, 7) is 2.11. The van der Waals surface area contributed by atoms with Gasteiger partial charge in [0, 0.05) is 13.1 Å². The Labute approximate surface area is 119 Å². The lowest BCUT2D eigenvalue weighted by Gasteiger charge is -2.30. The standard InChI is InChI=1S/C18H18N2/c1-2-7-15(8-3-1)18-16-9-5-4-6-14(16)10-11-17-19-12-13-20(17)18/h1-9,11,18-19H,10,12-13H2.